The van der Waals surface area contributed by atoms with Crippen molar-refractivity contribution in [3.05, 3.63) is 10.6 Å². The van der Waals surface area contributed by atoms with Crippen LogP contribution < -0.4 is 0 Å². The highest BCUT2D eigenvalue weighted by molar-refractivity contribution is 8.01. The molecule has 0 fully saturated rings. The minimum atomic E-state index is -0.790. The van der Waals surface area contributed by atoms with E-state index in [-0.39, 0.29) is 6.42 Å². The van der Waals surface area contributed by atoms with E-state index in [0.717, 1.165) is 20.7 Å². The highest BCUT2D eigenvalue weighted by atomic mass is 32.2. The van der Waals surface area contributed by atoms with Gasteiger partial charge in [-0.3, -0.25) is 4.79 Å². The molecule has 0 aliphatic carbocycles. The monoisotopic (exact) mass is 245 g/mol. The summed E-state index contributed by atoms with van der Waals surface area (Å²) in [7, 11) is 0. The van der Waals surface area contributed by atoms with Gasteiger partial charge in [-0.15, -0.1) is 11.3 Å². The van der Waals surface area contributed by atoms with E-state index in [2.05, 4.69) is 18.8 Å². The van der Waals surface area contributed by atoms with Crippen LogP contribution >= 0.6 is 23.1 Å². The average Bonchev–Trinajstić information content (AvgIpc) is 2.43. The Morgan fingerprint density at radius 1 is 1.60 bits per heavy atom. The lowest BCUT2D eigenvalue weighted by Gasteiger charge is -1.99. The number of rotatable bonds is 5. The molecule has 1 rings (SSSR count). The minimum absolute atomic E-state index is 0.0890. The molecule has 0 aliphatic heterocycles. The lowest BCUT2D eigenvalue weighted by molar-refractivity contribution is -0.136. The van der Waals surface area contributed by atoms with Crippen molar-refractivity contribution < 1.29 is 9.90 Å². The Kier molecular flexibility index (Phi) is 4.60. The van der Waals surface area contributed by atoms with Crippen LogP contribution in [0.2, 0.25) is 0 Å². The van der Waals surface area contributed by atoms with Gasteiger partial charge in [-0.1, -0.05) is 25.6 Å². The molecule has 1 aromatic heterocycles. The van der Waals surface area contributed by atoms with Gasteiger partial charge in [0.25, 0.3) is 0 Å². The molecule has 0 radical (unpaired) electrons. The molecule has 3 nitrogen and oxygen atoms in total. The van der Waals surface area contributed by atoms with E-state index in [1.807, 2.05) is 6.92 Å². The van der Waals surface area contributed by atoms with Crippen molar-refractivity contribution in [3.63, 3.8) is 0 Å². The highest BCUT2D eigenvalue weighted by Crippen LogP contribution is 2.28. The van der Waals surface area contributed by atoms with Crippen LogP contribution in [0.25, 0.3) is 0 Å². The normalized spacial score (nSPS) is 10.9. The number of thiazole rings is 1. The van der Waals surface area contributed by atoms with E-state index < -0.39 is 5.97 Å². The Balaban J connectivity index is 2.64. The third-order valence-electron chi connectivity index (χ3n) is 1.72. The fraction of sp³-hybridized carbons (Fsp3) is 0.600. The quantitative estimate of drug-likeness (QED) is 0.810. The van der Waals surface area contributed by atoms with Crippen molar-refractivity contribution in [1.29, 1.82) is 0 Å². The molecule has 0 aromatic carbocycles. The largest absolute Gasteiger partial charge is 0.481 e. The van der Waals surface area contributed by atoms with Crippen LogP contribution in [-0.4, -0.2) is 21.8 Å². The van der Waals surface area contributed by atoms with Crippen LogP contribution in [-0.2, 0) is 11.2 Å². The van der Waals surface area contributed by atoms with Gasteiger partial charge in [0.1, 0.15) is 4.34 Å². The van der Waals surface area contributed by atoms with Gasteiger partial charge in [0, 0.05) is 10.6 Å². The average molecular weight is 245 g/mol. The molecule has 1 heterocycles. The van der Waals surface area contributed by atoms with Crippen LogP contribution in [0.4, 0.5) is 0 Å². The zero-order chi connectivity index (χ0) is 11.4. The summed E-state index contributed by atoms with van der Waals surface area (Å²) in [5, 5.41) is 8.69. The third-order valence-corrected chi connectivity index (χ3v) is 4.45. The number of carbonyl (C=O) groups is 1. The predicted molar refractivity (Wildman–Crippen MR) is 63.8 cm³/mol. The molecule has 84 valence electrons. The zero-order valence-corrected chi connectivity index (χ0v) is 10.7. The van der Waals surface area contributed by atoms with Crippen molar-refractivity contribution >= 4 is 29.1 Å². The summed E-state index contributed by atoms with van der Waals surface area (Å²) in [6.45, 7) is 6.19. The Labute approximate surface area is 97.9 Å². The zero-order valence-electron chi connectivity index (χ0n) is 9.11. The molecule has 1 N–H and O–H groups in total. The van der Waals surface area contributed by atoms with Crippen molar-refractivity contribution in [3.8, 4) is 0 Å². The van der Waals surface area contributed by atoms with Crippen LogP contribution in [0, 0.1) is 12.8 Å². The number of carboxylic acids is 1. The van der Waals surface area contributed by atoms with Gasteiger partial charge in [-0.05, 0) is 12.8 Å². The van der Waals surface area contributed by atoms with Crippen molar-refractivity contribution in [2.45, 2.75) is 31.5 Å². The summed E-state index contributed by atoms with van der Waals surface area (Å²) in [6, 6.07) is 0. The first kappa shape index (κ1) is 12.5. The maximum absolute atomic E-state index is 10.6. The molecule has 0 amide bonds. The molecule has 0 saturated heterocycles. The molecule has 0 atom stereocenters. The maximum atomic E-state index is 10.6. The molecular weight excluding hydrogens is 230 g/mol. The van der Waals surface area contributed by atoms with Crippen LogP contribution in [0.15, 0.2) is 4.34 Å². The second kappa shape index (κ2) is 5.51. The van der Waals surface area contributed by atoms with Crippen molar-refractivity contribution in [1.82, 2.24) is 4.98 Å². The van der Waals surface area contributed by atoms with Gasteiger partial charge >= 0.3 is 5.97 Å². The second-order valence-electron chi connectivity index (χ2n) is 3.76. The maximum Gasteiger partial charge on any atom is 0.308 e. The first-order chi connectivity index (χ1) is 6.99. The Morgan fingerprint density at radius 3 is 2.80 bits per heavy atom. The van der Waals surface area contributed by atoms with Gasteiger partial charge in [0.2, 0.25) is 0 Å². The summed E-state index contributed by atoms with van der Waals surface area (Å²) in [6.07, 6.45) is 0.0890. The van der Waals surface area contributed by atoms with E-state index in [0.29, 0.717) is 5.92 Å². The Morgan fingerprint density at radius 2 is 2.27 bits per heavy atom. The standard InChI is InChI=1S/C10H15NO2S2/c1-6(2)5-14-10-11-7(3)8(15-10)4-9(12)13/h6H,4-5H2,1-3H3,(H,12,13). The minimum Gasteiger partial charge on any atom is -0.481 e. The van der Waals surface area contributed by atoms with Crippen LogP contribution in [0.1, 0.15) is 24.4 Å². The highest BCUT2D eigenvalue weighted by Gasteiger charge is 2.11. The molecular formula is C10H15NO2S2. The first-order valence-corrected chi connectivity index (χ1v) is 6.60. The van der Waals surface area contributed by atoms with Gasteiger partial charge in [0.15, 0.2) is 0 Å². The van der Waals surface area contributed by atoms with E-state index in [9.17, 15) is 4.79 Å². The van der Waals surface area contributed by atoms with E-state index in [1.165, 1.54) is 11.3 Å². The number of thioether (sulfide) groups is 1. The Bertz CT molecular complexity index is 347. The number of nitrogens with zero attached hydrogens (tertiary/aromatic N) is 1. The fourth-order valence-corrected chi connectivity index (χ4v) is 3.20. The van der Waals surface area contributed by atoms with E-state index in [4.69, 9.17) is 5.11 Å². The molecule has 0 saturated carbocycles. The molecule has 0 spiro atoms. The lowest BCUT2D eigenvalue weighted by atomic mass is 10.3. The molecule has 15 heavy (non-hydrogen) atoms. The van der Waals surface area contributed by atoms with E-state index >= 15 is 0 Å². The fourth-order valence-electron chi connectivity index (χ4n) is 1.00. The molecule has 0 aliphatic rings. The van der Waals surface area contributed by atoms with Gasteiger partial charge in [0.05, 0.1) is 12.1 Å². The second-order valence-corrected chi connectivity index (χ2v) is 6.11. The van der Waals surface area contributed by atoms with E-state index in [1.54, 1.807) is 11.8 Å². The SMILES string of the molecule is Cc1nc(SCC(C)C)sc1CC(=O)O. The predicted octanol–water partition coefficient (Wildman–Crippen LogP) is 2.83. The van der Waals surface area contributed by atoms with Gasteiger partial charge in [-0.2, -0.15) is 0 Å². The Hall–Kier alpha value is -0.550. The molecule has 0 unspecified atom stereocenters. The van der Waals surface area contributed by atoms with Gasteiger partial charge in [-0.25, -0.2) is 4.98 Å². The summed E-state index contributed by atoms with van der Waals surface area (Å²) in [5.41, 5.74) is 0.855. The first-order valence-electron chi connectivity index (χ1n) is 4.80. The summed E-state index contributed by atoms with van der Waals surface area (Å²) in [4.78, 5) is 15.8. The van der Waals surface area contributed by atoms with Gasteiger partial charge < -0.3 is 5.11 Å². The van der Waals surface area contributed by atoms with Crippen molar-refractivity contribution in [2.75, 3.05) is 5.75 Å². The van der Waals surface area contributed by atoms with Crippen LogP contribution in [0.3, 0.4) is 0 Å². The number of aryl methyl sites for hydroxylation is 1. The lowest BCUT2D eigenvalue weighted by Crippen LogP contribution is -1.99. The topological polar surface area (TPSA) is 50.2 Å². The summed E-state index contributed by atoms with van der Waals surface area (Å²) < 4.78 is 0.984. The smallest absolute Gasteiger partial charge is 0.308 e. The number of carboxylic acid groups (broad SMARTS) is 1. The van der Waals surface area contributed by atoms with Crippen molar-refractivity contribution in [2.24, 2.45) is 5.92 Å². The number of hydrogen-bond donors (Lipinski definition) is 1. The molecule has 1 aromatic rings. The molecule has 5 heteroatoms. The third kappa shape index (κ3) is 4.22. The summed E-state index contributed by atoms with van der Waals surface area (Å²) in [5.74, 6) is 0.865. The van der Waals surface area contributed by atoms with Crippen LogP contribution in [0.5, 0.6) is 0 Å². The number of aliphatic carboxylic acids is 1. The number of hydrogen-bond acceptors (Lipinski definition) is 4. The molecule has 0 bridgehead atoms. The summed E-state index contributed by atoms with van der Waals surface area (Å²) >= 11 is 3.21. The number of aromatic nitrogens is 1.